The van der Waals surface area contributed by atoms with E-state index in [0.29, 0.717) is 16.7 Å². The van der Waals surface area contributed by atoms with Crippen LogP contribution in [0.2, 0.25) is 0 Å². The molecule has 0 spiro atoms. The molecular formula is C14H11N3O2S. The van der Waals surface area contributed by atoms with Gasteiger partial charge in [0.15, 0.2) is 10.9 Å². The number of rotatable bonds is 2. The normalized spacial score (nSPS) is 11.7. The SMILES string of the molecule is NS(=O)(=O)c1nc(-c2ccccc2)nc2ccccc12. The van der Waals surface area contributed by atoms with E-state index in [1.165, 1.54) is 0 Å². The Bertz CT molecular complexity index is 877. The van der Waals surface area contributed by atoms with Gasteiger partial charge in [0, 0.05) is 10.9 Å². The first-order chi connectivity index (χ1) is 9.55. The van der Waals surface area contributed by atoms with Gasteiger partial charge >= 0.3 is 0 Å². The molecule has 0 radical (unpaired) electrons. The van der Waals surface area contributed by atoms with Crippen LogP contribution in [0.4, 0.5) is 0 Å². The van der Waals surface area contributed by atoms with Crippen LogP contribution in [0, 0.1) is 0 Å². The summed E-state index contributed by atoms with van der Waals surface area (Å²) in [6, 6.07) is 16.1. The lowest BCUT2D eigenvalue weighted by Gasteiger charge is -2.07. The number of hydrogen-bond donors (Lipinski definition) is 1. The third-order valence-corrected chi connectivity index (χ3v) is 3.72. The van der Waals surface area contributed by atoms with Crippen molar-refractivity contribution in [2.45, 2.75) is 5.03 Å². The summed E-state index contributed by atoms with van der Waals surface area (Å²) < 4.78 is 23.4. The van der Waals surface area contributed by atoms with Gasteiger partial charge in [-0.1, -0.05) is 42.5 Å². The number of aromatic nitrogens is 2. The van der Waals surface area contributed by atoms with Crippen LogP contribution in [-0.2, 0) is 10.0 Å². The molecule has 0 unspecified atom stereocenters. The molecule has 6 heteroatoms. The van der Waals surface area contributed by atoms with E-state index in [9.17, 15) is 8.42 Å². The Morgan fingerprint density at radius 1 is 0.850 bits per heavy atom. The van der Waals surface area contributed by atoms with Crippen LogP contribution in [0.15, 0.2) is 59.6 Å². The fraction of sp³-hybridized carbons (Fsp3) is 0. The number of para-hydroxylation sites is 1. The molecule has 1 heterocycles. The maximum absolute atomic E-state index is 11.7. The average Bonchev–Trinajstić information content (AvgIpc) is 2.46. The summed E-state index contributed by atoms with van der Waals surface area (Å²) in [5, 5.41) is 5.53. The van der Waals surface area contributed by atoms with Gasteiger partial charge in [0.2, 0.25) is 0 Å². The second-order valence-corrected chi connectivity index (χ2v) is 5.76. The maximum atomic E-state index is 11.7. The molecule has 0 fully saturated rings. The minimum absolute atomic E-state index is 0.151. The number of nitrogens with zero attached hydrogens (tertiary/aromatic N) is 2. The molecule has 2 aromatic carbocycles. The molecular weight excluding hydrogens is 274 g/mol. The molecule has 0 amide bonds. The predicted octanol–water partition coefficient (Wildman–Crippen LogP) is 1.94. The van der Waals surface area contributed by atoms with E-state index in [1.807, 2.05) is 30.3 Å². The van der Waals surface area contributed by atoms with E-state index in [-0.39, 0.29) is 5.03 Å². The highest BCUT2D eigenvalue weighted by molar-refractivity contribution is 7.89. The smallest absolute Gasteiger partial charge is 0.228 e. The van der Waals surface area contributed by atoms with Crippen LogP contribution in [0.5, 0.6) is 0 Å². The first-order valence-corrected chi connectivity index (χ1v) is 7.45. The van der Waals surface area contributed by atoms with Crippen molar-refractivity contribution in [2.75, 3.05) is 0 Å². The van der Waals surface area contributed by atoms with Crippen LogP contribution < -0.4 is 5.14 Å². The van der Waals surface area contributed by atoms with Gasteiger partial charge in [-0.15, -0.1) is 0 Å². The van der Waals surface area contributed by atoms with Gasteiger partial charge in [0.25, 0.3) is 10.0 Å². The third kappa shape index (κ3) is 2.26. The van der Waals surface area contributed by atoms with Gasteiger partial charge in [0.05, 0.1) is 5.52 Å². The van der Waals surface area contributed by atoms with Crippen molar-refractivity contribution in [3.8, 4) is 11.4 Å². The standard InChI is InChI=1S/C14H11N3O2S/c15-20(18,19)14-11-8-4-5-9-12(11)16-13(17-14)10-6-2-1-3-7-10/h1-9H,(H2,15,18,19). The Kier molecular flexibility index (Phi) is 2.96. The minimum atomic E-state index is -3.91. The monoisotopic (exact) mass is 285 g/mol. The van der Waals surface area contributed by atoms with Crippen molar-refractivity contribution < 1.29 is 8.42 Å². The van der Waals surface area contributed by atoms with Crippen molar-refractivity contribution in [1.82, 2.24) is 9.97 Å². The highest BCUT2D eigenvalue weighted by Crippen LogP contribution is 2.23. The molecule has 3 rings (SSSR count). The Morgan fingerprint density at radius 3 is 2.20 bits per heavy atom. The molecule has 0 aliphatic heterocycles. The lowest BCUT2D eigenvalue weighted by molar-refractivity contribution is 0.595. The van der Waals surface area contributed by atoms with Crippen molar-refractivity contribution in [3.05, 3.63) is 54.6 Å². The molecule has 3 aromatic rings. The molecule has 0 bridgehead atoms. The van der Waals surface area contributed by atoms with Gasteiger partial charge < -0.3 is 0 Å². The number of benzene rings is 2. The highest BCUT2D eigenvalue weighted by Gasteiger charge is 2.17. The van der Waals surface area contributed by atoms with Crippen molar-refractivity contribution >= 4 is 20.9 Å². The lowest BCUT2D eigenvalue weighted by Crippen LogP contribution is -2.15. The molecule has 0 atom stereocenters. The Labute approximate surface area is 116 Å². The summed E-state index contributed by atoms with van der Waals surface area (Å²) >= 11 is 0. The second kappa shape index (κ2) is 4.66. The van der Waals surface area contributed by atoms with Gasteiger partial charge in [0.1, 0.15) is 0 Å². The summed E-state index contributed by atoms with van der Waals surface area (Å²) in [6.45, 7) is 0. The first kappa shape index (κ1) is 12.7. The van der Waals surface area contributed by atoms with E-state index in [2.05, 4.69) is 9.97 Å². The second-order valence-electron chi connectivity index (χ2n) is 4.28. The number of sulfonamides is 1. The zero-order valence-corrected chi connectivity index (χ0v) is 11.2. The van der Waals surface area contributed by atoms with Crippen LogP contribution in [0.3, 0.4) is 0 Å². The fourth-order valence-electron chi connectivity index (χ4n) is 1.98. The molecule has 0 aliphatic carbocycles. The molecule has 0 aliphatic rings. The zero-order chi connectivity index (χ0) is 14.2. The predicted molar refractivity (Wildman–Crippen MR) is 76.3 cm³/mol. The molecule has 1 aromatic heterocycles. The molecule has 0 saturated heterocycles. The fourth-order valence-corrected chi connectivity index (χ4v) is 2.67. The largest absolute Gasteiger partial charge is 0.256 e. The minimum Gasteiger partial charge on any atom is -0.228 e. The van der Waals surface area contributed by atoms with Crippen LogP contribution in [-0.4, -0.2) is 18.4 Å². The summed E-state index contributed by atoms with van der Waals surface area (Å²) in [4.78, 5) is 8.51. The molecule has 20 heavy (non-hydrogen) atoms. The number of nitrogens with two attached hydrogens (primary N) is 1. The lowest BCUT2D eigenvalue weighted by atomic mass is 10.2. The van der Waals surface area contributed by atoms with E-state index in [1.54, 1.807) is 24.3 Å². The van der Waals surface area contributed by atoms with Crippen molar-refractivity contribution in [3.63, 3.8) is 0 Å². The number of primary sulfonamides is 1. The Balaban J connectivity index is 2.37. The first-order valence-electron chi connectivity index (χ1n) is 5.91. The summed E-state index contributed by atoms with van der Waals surface area (Å²) in [7, 11) is -3.91. The van der Waals surface area contributed by atoms with E-state index < -0.39 is 10.0 Å². The van der Waals surface area contributed by atoms with Crippen molar-refractivity contribution in [1.29, 1.82) is 0 Å². The van der Waals surface area contributed by atoms with E-state index >= 15 is 0 Å². The topological polar surface area (TPSA) is 85.9 Å². The molecule has 100 valence electrons. The summed E-state index contributed by atoms with van der Waals surface area (Å²) in [5.41, 5.74) is 1.29. The number of fused-ring (bicyclic) bond motifs is 1. The van der Waals surface area contributed by atoms with Gasteiger partial charge in [-0.05, 0) is 12.1 Å². The van der Waals surface area contributed by atoms with E-state index in [0.717, 1.165) is 5.56 Å². The van der Waals surface area contributed by atoms with Gasteiger partial charge in [-0.25, -0.2) is 23.5 Å². The Morgan fingerprint density at radius 2 is 1.50 bits per heavy atom. The van der Waals surface area contributed by atoms with Crippen LogP contribution in [0.25, 0.3) is 22.3 Å². The highest BCUT2D eigenvalue weighted by atomic mass is 32.2. The zero-order valence-electron chi connectivity index (χ0n) is 10.4. The average molecular weight is 285 g/mol. The summed E-state index contributed by atoms with van der Waals surface area (Å²) in [5.74, 6) is 0.341. The van der Waals surface area contributed by atoms with E-state index in [4.69, 9.17) is 5.14 Å². The third-order valence-electron chi connectivity index (χ3n) is 2.87. The van der Waals surface area contributed by atoms with Crippen molar-refractivity contribution in [2.24, 2.45) is 5.14 Å². The Hall–Kier alpha value is -2.31. The summed E-state index contributed by atoms with van der Waals surface area (Å²) in [6.07, 6.45) is 0. The van der Waals surface area contributed by atoms with Crippen LogP contribution in [0.1, 0.15) is 0 Å². The molecule has 2 N–H and O–H groups in total. The van der Waals surface area contributed by atoms with Crippen LogP contribution >= 0.6 is 0 Å². The number of hydrogen-bond acceptors (Lipinski definition) is 4. The molecule has 0 saturated carbocycles. The molecule has 5 nitrogen and oxygen atoms in total. The maximum Gasteiger partial charge on any atom is 0.256 e. The van der Waals surface area contributed by atoms with Gasteiger partial charge in [-0.3, -0.25) is 0 Å². The van der Waals surface area contributed by atoms with Gasteiger partial charge in [-0.2, -0.15) is 0 Å². The quantitative estimate of drug-likeness (QED) is 0.729.